The zero-order chi connectivity index (χ0) is 23.8. The number of carbonyl (C=O) groups excluding carboxylic acids is 2. The Morgan fingerprint density at radius 2 is 1.85 bits per heavy atom. The molecule has 0 aromatic heterocycles. The summed E-state index contributed by atoms with van der Waals surface area (Å²) in [4.78, 5) is 27.7. The molecule has 8 nitrogen and oxygen atoms in total. The zero-order valence-electron chi connectivity index (χ0n) is 17.8. The molecule has 33 heavy (non-hydrogen) atoms. The van der Waals surface area contributed by atoms with Crippen LogP contribution in [0.15, 0.2) is 35.9 Å². The number of alkyl halides is 3. The standard InChI is InChI=1S/C22H26F3N3O5/c23-22(24,25)33-17-4-2-1-3-16(17)27-7-5-13(6-8-27)10-26-20(31)18(29)19(30)21(32)28-11-14-9-15(14)12-28/h1-4,9,13-14,18-19,29-30H,5-8,10-12H2,(H,26,31)/t14?,18-,19-/m1/s1. The zero-order valence-corrected chi connectivity index (χ0v) is 17.8. The van der Waals surface area contributed by atoms with Crippen LogP contribution in [0.2, 0.25) is 0 Å². The van der Waals surface area contributed by atoms with Crippen LogP contribution in [0.25, 0.3) is 0 Å². The minimum Gasteiger partial charge on any atom is -0.404 e. The topological polar surface area (TPSA) is 102 Å². The Labute approximate surface area is 188 Å². The molecule has 1 aliphatic carbocycles. The monoisotopic (exact) mass is 469 g/mol. The maximum absolute atomic E-state index is 12.7. The summed E-state index contributed by atoms with van der Waals surface area (Å²) in [6.45, 7) is 2.05. The number of amides is 2. The number of para-hydroxylation sites is 2. The smallest absolute Gasteiger partial charge is 0.404 e. The second-order valence-electron chi connectivity index (χ2n) is 8.65. The number of benzene rings is 1. The predicted molar refractivity (Wildman–Crippen MR) is 111 cm³/mol. The van der Waals surface area contributed by atoms with E-state index in [0.717, 1.165) is 5.57 Å². The number of nitrogens with one attached hydrogen (secondary N) is 1. The van der Waals surface area contributed by atoms with Gasteiger partial charge in [-0.25, -0.2) is 0 Å². The van der Waals surface area contributed by atoms with Gasteiger partial charge in [-0.05, 0) is 36.5 Å². The third-order valence-corrected chi connectivity index (χ3v) is 6.32. The van der Waals surface area contributed by atoms with Crippen LogP contribution in [0, 0.1) is 11.8 Å². The first-order valence-corrected chi connectivity index (χ1v) is 10.9. The molecule has 2 saturated heterocycles. The highest BCUT2D eigenvalue weighted by atomic mass is 19.4. The van der Waals surface area contributed by atoms with E-state index in [1.807, 2.05) is 6.08 Å². The van der Waals surface area contributed by atoms with Crippen molar-refractivity contribution in [2.24, 2.45) is 11.8 Å². The second kappa shape index (κ2) is 9.22. The lowest BCUT2D eigenvalue weighted by atomic mass is 9.96. The summed E-state index contributed by atoms with van der Waals surface area (Å²) in [6.07, 6.45) is -5.24. The van der Waals surface area contributed by atoms with Crippen LogP contribution in [-0.4, -0.2) is 78.2 Å². The summed E-state index contributed by atoms with van der Waals surface area (Å²) in [5, 5.41) is 22.8. The Kier molecular flexibility index (Phi) is 6.53. The van der Waals surface area contributed by atoms with Gasteiger partial charge in [-0.1, -0.05) is 18.2 Å². The molecule has 0 bridgehead atoms. The van der Waals surface area contributed by atoms with E-state index in [2.05, 4.69) is 10.1 Å². The molecule has 2 aliphatic heterocycles. The lowest BCUT2D eigenvalue weighted by Gasteiger charge is -2.34. The summed E-state index contributed by atoms with van der Waals surface area (Å²) in [6, 6.07) is 5.95. The number of carbonyl (C=O) groups is 2. The molecule has 180 valence electrons. The SMILES string of the molecule is O=C(NCC1CCN(c2ccccc2OC(F)(F)F)CC1)[C@H](O)[C@@H](O)C(=O)N1CC2=CC2C1. The Morgan fingerprint density at radius 1 is 1.15 bits per heavy atom. The van der Waals surface area contributed by atoms with E-state index in [1.165, 1.54) is 17.0 Å². The van der Waals surface area contributed by atoms with Gasteiger partial charge in [0.05, 0.1) is 5.69 Å². The number of piperidine rings is 1. The summed E-state index contributed by atoms with van der Waals surface area (Å²) in [5.41, 5.74) is 1.48. The van der Waals surface area contributed by atoms with Gasteiger partial charge in [0, 0.05) is 38.6 Å². The van der Waals surface area contributed by atoms with Crippen molar-refractivity contribution in [1.82, 2.24) is 10.2 Å². The number of anilines is 1. The fourth-order valence-electron chi connectivity index (χ4n) is 4.36. The third kappa shape index (κ3) is 5.59. The normalized spacial score (nSPS) is 22.3. The predicted octanol–water partition coefficient (Wildman–Crippen LogP) is 1.04. The number of likely N-dealkylation sites (tertiary alicyclic amines) is 1. The summed E-state index contributed by atoms with van der Waals surface area (Å²) in [5.74, 6) is -1.45. The van der Waals surface area contributed by atoms with Crippen molar-refractivity contribution in [2.75, 3.05) is 37.6 Å². The quantitative estimate of drug-likeness (QED) is 0.516. The average Bonchev–Trinajstić information content (AvgIpc) is 3.40. The van der Waals surface area contributed by atoms with Gasteiger partial charge in [0.2, 0.25) is 0 Å². The Balaban J connectivity index is 1.23. The molecule has 4 rings (SSSR count). The number of aliphatic hydroxyl groups excluding tert-OH is 2. The molecule has 1 aromatic carbocycles. The van der Waals surface area contributed by atoms with Crippen molar-refractivity contribution in [3.63, 3.8) is 0 Å². The molecule has 3 atom stereocenters. The lowest BCUT2D eigenvalue weighted by Crippen LogP contribution is -2.51. The number of hydrogen-bond acceptors (Lipinski definition) is 6. The minimum absolute atomic E-state index is 0.0403. The van der Waals surface area contributed by atoms with Gasteiger partial charge in [-0.2, -0.15) is 0 Å². The van der Waals surface area contributed by atoms with Gasteiger partial charge in [0.15, 0.2) is 18.0 Å². The number of rotatable bonds is 7. The number of aliphatic hydroxyl groups is 2. The van der Waals surface area contributed by atoms with Crippen LogP contribution in [-0.2, 0) is 9.59 Å². The van der Waals surface area contributed by atoms with Gasteiger partial charge in [0.1, 0.15) is 0 Å². The molecule has 0 radical (unpaired) electrons. The maximum atomic E-state index is 12.7. The molecular weight excluding hydrogens is 443 g/mol. The van der Waals surface area contributed by atoms with Crippen LogP contribution in [0.1, 0.15) is 12.8 Å². The van der Waals surface area contributed by atoms with E-state index in [-0.39, 0.29) is 24.1 Å². The van der Waals surface area contributed by atoms with E-state index >= 15 is 0 Å². The fourth-order valence-corrected chi connectivity index (χ4v) is 4.36. The van der Waals surface area contributed by atoms with Gasteiger partial charge >= 0.3 is 6.36 Å². The number of halogens is 3. The molecule has 11 heteroatoms. The first-order valence-electron chi connectivity index (χ1n) is 10.9. The van der Waals surface area contributed by atoms with E-state index in [1.54, 1.807) is 17.0 Å². The van der Waals surface area contributed by atoms with Crippen LogP contribution in [0.3, 0.4) is 0 Å². The molecule has 3 N–H and O–H groups in total. The molecular formula is C22H26F3N3O5. The van der Waals surface area contributed by atoms with Crippen molar-refractivity contribution in [2.45, 2.75) is 31.4 Å². The highest BCUT2D eigenvalue weighted by Gasteiger charge is 2.41. The Bertz CT molecular complexity index is 930. The Morgan fingerprint density at radius 3 is 2.48 bits per heavy atom. The minimum atomic E-state index is -4.78. The molecule has 2 amide bonds. The molecule has 1 aromatic rings. The summed E-state index contributed by atoms with van der Waals surface area (Å²) in [7, 11) is 0. The molecule has 2 fully saturated rings. The number of hydrogen-bond donors (Lipinski definition) is 3. The van der Waals surface area contributed by atoms with Crippen molar-refractivity contribution < 1.29 is 37.7 Å². The van der Waals surface area contributed by atoms with Gasteiger partial charge in [-0.3, -0.25) is 9.59 Å². The Hall–Kier alpha value is -2.79. The molecule has 3 aliphatic rings. The van der Waals surface area contributed by atoms with E-state index in [0.29, 0.717) is 44.7 Å². The number of fused-ring (bicyclic) bond motifs is 1. The molecule has 0 saturated carbocycles. The first kappa shape index (κ1) is 23.4. The molecule has 2 heterocycles. The van der Waals surface area contributed by atoms with Crippen LogP contribution < -0.4 is 15.0 Å². The summed E-state index contributed by atoms with van der Waals surface area (Å²) >= 11 is 0. The van der Waals surface area contributed by atoms with Crippen molar-refractivity contribution in [3.05, 3.63) is 35.9 Å². The first-order chi connectivity index (χ1) is 15.6. The van der Waals surface area contributed by atoms with Crippen LogP contribution in [0.5, 0.6) is 5.75 Å². The highest BCUT2D eigenvalue weighted by molar-refractivity contribution is 5.91. The van der Waals surface area contributed by atoms with Gasteiger partial charge in [0.25, 0.3) is 11.8 Å². The lowest BCUT2D eigenvalue weighted by molar-refractivity contribution is -0.274. The highest BCUT2D eigenvalue weighted by Crippen LogP contribution is 2.37. The van der Waals surface area contributed by atoms with E-state index in [9.17, 15) is 33.0 Å². The van der Waals surface area contributed by atoms with E-state index in [4.69, 9.17) is 0 Å². The third-order valence-electron chi connectivity index (χ3n) is 6.32. The maximum Gasteiger partial charge on any atom is 0.573 e. The largest absolute Gasteiger partial charge is 0.573 e. The number of nitrogens with zero attached hydrogens (tertiary/aromatic N) is 2. The van der Waals surface area contributed by atoms with Crippen LogP contribution >= 0.6 is 0 Å². The van der Waals surface area contributed by atoms with Crippen LogP contribution in [0.4, 0.5) is 18.9 Å². The summed E-state index contributed by atoms with van der Waals surface area (Å²) < 4.78 is 42.1. The number of ether oxygens (including phenoxy) is 1. The van der Waals surface area contributed by atoms with Gasteiger partial charge in [-0.15, -0.1) is 13.2 Å². The van der Waals surface area contributed by atoms with Crippen molar-refractivity contribution in [3.8, 4) is 5.75 Å². The second-order valence-corrected chi connectivity index (χ2v) is 8.65. The molecule has 0 spiro atoms. The average molecular weight is 469 g/mol. The van der Waals surface area contributed by atoms with Gasteiger partial charge < -0.3 is 30.1 Å². The fraction of sp³-hybridized carbons (Fsp3) is 0.545. The van der Waals surface area contributed by atoms with E-state index < -0.39 is 30.4 Å². The van der Waals surface area contributed by atoms with Crippen molar-refractivity contribution >= 4 is 17.5 Å². The molecule has 1 unspecified atom stereocenters. The van der Waals surface area contributed by atoms with Crippen molar-refractivity contribution in [1.29, 1.82) is 0 Å².